The first kappa shape index (κ1) is 21.1. The number of aliphatic hydroxyl groups is 1. The summed E-state index contributed by atoms with van der Waals surface area (Å²) in [4.78, 5) is 13.6. The number of aryl methyl sites for hydroxylation is 1. The van der Waals surface area contributed by atoms with Crippen LogP contribution in [-0.2, 0) is 11.3 Å². The minimum absolute atomic E-state index is 0.111. The number of nitriles is 1. The van der Waals surface area contributed by atoms with Gasteiger partial charge >= 0.3 is 0 Å². The van der Waals surface area contributed by atoms with Gasteiger partial charge in [0.2, 0.25) is 0 Å². The average Bonchev–Trinajstić information content (AvgIpc) is 3.19. The predicted molar refractivity (Wildman–Crippen MR) is 115 cm³/mol. The van der Waals surface area contributed by atoms with Crippen molar-refractivity contribution in [1.29, 1.82) is 5.26 Å². The number of nitrogens with two attached hydrogens (primary N) is 1. The summed E-state index contributed by atoms with van der Waals surface area (Å²) < 4.78 is 7.58. The van der Waals surface area contributed by atoms with Gasteiger partial charge in [-0.05, 0) is 43.5 Å². The fraction of sp³-hybridized carbons (Fsp3) is 0.391. The zero-order valence-electron chi connectivity index (χ0n) is 17.5. The molecule has 0 bridgehead atoms. The largest absolute Gasteiger partial charge is 0.387 e. The molecule has 0 radical (unpaired) electrons. The van der Waals surface area contributed by atoms with Crippen molar-refractivity contribution in [3.63, 3.8) is 0 Å². The SMILES string of the molecule is Cc1nc(C2CCOCC2)cn1Cc1cc(C#N)ccc1-c1ncc([C@H](O)CN)cn1. The number of hydrogen-bond acceptors (Lipinski definition) is 7. The molecule has 0 saturated carbocycles. The van der Waals surface area contributed by atoms with E-state index in [0.717, 1.165) is 48.7 Å². The Morgan fingerprint density at radius 1 is 1.29 bits per heavy atom. The van der Waals surface area contributed by atoms with E-state index in [0.29, 0.717) is 29.4 Å². The van der Waals surface area contributed by atoms with Crippen LogP contribution >= 0.6 is 0 Å². The number of imidazole rings is 1. The van der Waals surface area contributed by atoms with Gasteiger partial charge in [0, 0.05) is 61.9 Å². The van der Waals surface area contributed by atoms with Crippen molar-refractivity contribution < 1.29 is 9.84 Å². The number of benzene rings is 1. The van der Waals surface area contributed by atoms with Gasteiger partial charge in [-0.1, -0.05) is 0 Å². The molecule has 1 aliphatic rings. The number of rotatable bonds is 6. The Kier molecular flexibility index (Phi) is 6.37. The van der Waals surface area contributed by atoms with Crippen LogP contribution in [0.25, 0.3) is 11.4 Å². The molecule has 3 aromatic rings. The predicted octanol–water partition coefficient (Wildman–Crippen LogP) is 2.45. The normalized spacial score (nSPS) is 15.5. The molecule has 0 aliphatic carbocycles. The Balaban J connectivity index is 1.65. The van der Waals surface area contributed by atoms with E-state index in [2.05, 4.69) is 26.8 Å². The second-order valence-electron chi connectivity index (χ2n) is 7.80. The van der Waals surface area contributed by atoms with Gasteiger partial charge in [0.15, 0.2) is 5.82 Å². The van der Waals surface area contributed by atoms with Gasteiger partial charge in [-0.15, -0.1) is 0 Å². The van der Waals surface area contributed by atoms with Gasteiger partial charge in [-0.2, -0.15) is 5.26 Å². The molecule has 2 aromatic heterocycles. The third-order valence-corrected chi connectivity index (χ3v) is 5.73. The Hall–Kier alpha value is -3.12. The maximum atomic E-state index is 9.89. The first-order chi connectivity index (χ1) is 15.1. The molecule has 1 fully saturated rings. The van der Waals surface area contributed by atoms with Gasteiger partial charge < -0.3 is 20.1 Å². The number of ether oxygens (including phenoxy) is 1. The third kappa shape index (κ3) is 4.64. The number of aliphatic hydroxyl groups excluding tert-OH is 1. The van der Waals surface area contributed by atoms with Crippen LogP contribution < -0.4 is 5.73 Å². The summed E-state index contributed by atoms with van der Waals surface area (Å²) in [6.45, 7) is 4.22. The molecule has 4 rings (SSSR count). The van der Waals surface area contributed by atoms with E-state index in [1.807, 2.05) is 19.1 Å². The van der Waals surface area contributed by atoms with Crippen molar-refractivity contribution in [3.8, 4) is 17.5 Å². The first-order valence-electron chi connectivity index (χ1n) is 10.4. The van der Waals surface area contributed by atoms with E-state index in [-0.39, 0.29) is 6.54 Å². The molecular formula is C23H26N6O2. The van der Waals surface area contributed by atoms with Gasteiger partial charge in [-0.25, -0.2) is 15.0 Å². The van der Waals surface area contributed by atoms with Crippen LogP contribution in [0.2, 0.25) is 0 Å². The van der Waals surface area contributed by atoms with Crippen molar-refractivity contribution in [2.24, 2.45) is 5.73 Å². The zero-order valence-corrected chi connectivity index (χ0v) is 17.5. The van der Waals surface area contributed by atoms with Crippen LogP contribution in [-0.4, -0.2) is 44.4 Å². The molecule has 1 aliphatic heterocycles. The summed E-state index contributed by atoms with van der Waals surface area (Å²) in [5, 5.41) is 19.3. The standard InChI is InChI=1S/C23H26N6O2/c1-15-28-21(17-4-6-31-7-5-17)14-29(15)13-18-8-16(9-24)2-3-20(18)23-26-11-19(12-27-23)22(30)10-25/h2-3,8,11-12,14,17,22,30H,4-7,10,13,25H2,1H3/t22-/m1/s1. The fourth-order valence-electron chi connectivity index (χ4n) is 3.86. The van der Waals surface area contributed by atoms with E-state index < -0.39 is 6.10 Å². The number of nitrogens with zero attached hydrogens (tertiary/aromatic N) is 5. The van der Waals surface area contributed by atoms with Crippen molar-refractivity contribution in [3.05, 3.63) is 65.0 Å². The second-order valence-corrected chi connectivity index (χ2v) is 7.80. The number of aromatic nitrogens is 4. The van der Waals surface area contributed by atoms with Gasteiger partial charge in [0.1, 0.15) is 5.82 Å². The molecule has 3 N–H and O–H groups in total. The molecule has 8 heteroatoms. The zero-order chi connectivity index (χ0) is 21.8. The lowest BCUT2D eigenvalue weighted by Crippen LogP contribution is -2.14. The Morgan fingerprint density at radius 3 is 2.71 bits per heavy atom. The fourth-order valence-corrected chi connectivity index (χ4v) is 3.86. The molecule has 1 atom stereocenters. The lowest BCUT2D eigenvalue weighted by molar-refractivity contribution is 0.0845. The summed E-state index contributed by atoms with van der Waals surface area (Å²) >= 11 is 0. The van der Waals surface area contributed by atoms with Crippen LogP contribution in [0.3, 0.4) is 0 Å². The molecule has 0 spiro atoms. The highest BCUT2D eigenvalue weighted by molar-refractivity contribution is 5.62. The van der Waals surface area contributed by atoms with Crippen LogP contribution in [0.5, 0.6) is 0 Å². The summed E-state index contributed by atoms with van der Waals surface area (Å²) in [5.41, 5.74) is 9.54. The van der Waals surface area contributed by atoms with E-state index >= 15 is 0 Å². The van der Waals surface area contributed by atoms with E-state index in [1.165, 1.54) is 0 Å². The highest BCUT2D eigenvalue weighted by Crippen LogP contribution is 2.28. The summed E-state index contributed by atoms with van der Waals surface area (Å²) in [7, 11) is 0. The maximum Gasteiger partial charge on any atom is 0.159 e. The molecule has 1 saturated heterocycles. The molecule has 160 valence electrons. The lowest BCUT2D eigenvalue weighted by Gasteiger charge is -2.19. The Morgan fingerprint density at radius 2 is 2.03 bits per heavy atom. The summed E-state index contributed by atoms with van der Waals surface area (Å²) in [6, 6.07) is 7.71. The highest BCUT2D eigenvalue weighted by Gasteiger charge is 2.20. The van der Waals surface area contributed by atoms with Gasteiger partial charge in [0.05, 0.1) is 23.4 Å². The molecule has 0 unspecified atom stereocenters. The average molecular weight is 419 g/mol. The Bertz CT molecular complexity index is 1080. The van der Waals surface area contributed by atoms with E-state index in [9.17, 15) is 10.4 Å². The van der Waals surface area contributed by atoms with Crippen molar-refractivity contribution in [1.82, 2.24) is 19.5 Å². The first-order valence-corrected chi connectivity index (χ1v) is 10.4. The smallest absolute Gasteiger partial charge is 0.159 e. The quantitative estimate of drug-likeness (QED) is 0.630. The molecular weight excluding hydrogens is 392 g/mol. The summed E-state index contributed by atoms with van der Waals surface area (Å²) in [5.74, 6) is 1.88. The van der Waals surface area contributed by atoms with Crippen LogP contribution in [0.1, 0.15) is 53.1 Å². The minimum atomic E-state index is -0.785. The third-order valence-electron chi connectivity index (χ3n) is 5.73. The minimum Gasteiger partial charge on any atom is -0.387 e. The van der Waals surface area contributed by atoms with Crippen molar-refractivity contribution in [2.45, 2.75) is 38.3 Å². The highest BCUT2D eigenvalue weighted by atomic mass is 16.5. The summed E-state index contributed by atoms with van der Waals surface area (Å²) in [6.07, 6.45) is 6.48. The molecule has 3 heterocycles. The number of hydrogen-bond donors (Lipinski definition) is 2. The second kappa shape index (κ2) is 9.35. The molecule has 8 nitrogen and oxygen atoms in total. The molecule has 1 aromatic carbocycles. The molecule has 0 amide bonds. The van der Waals surface area contributed by atoms with Crippen LogP contribution in [0.4, 0.5) is 0 Å². The van der Waals surface area contributed by atoms with Crippen LogP contribution in [0, 0.1) is 18.3 Å². The maximum absolute atomic E-state index is 9.89. The lowest BCUT2D eigenvalue weighted by atomic mass is 9.97. The Labute approximate surface area is 181 Å². The van der Waals surface area contributed by atoms with Crippen LogP contribution in [0.15, 0.2) is 36.8 Å². The molecule has 31 heavy (non-hydrogen) atoms. The van der Waals surface area contributed by atoms with E-state index in [4.69, 9.17) is 15.5 Å². The van der Waals surface area contributed by atoms with Crippen molar-refractivity contribution >= 4 is 0 Å². The monoisotopic (exact) mass is 418 g/mol. The van der Waals surface area contributed by atoms with Crippen molar-refractivity contribution in [2.75, 3.05) is 19.8 Å². The van der Waals surface area contributed by atoms with Gasteiger partial charge in [-0.3, -0.25) is 0 Å². The van der Waals surface area contributed by atoms with Gasteiger partial charge in [0.25, 0.3) is 0 Å². The topological polar surface area (TPSA) is 123 Å². The van der Waals surface area contributed by atoms with E-state index in [1.54, 1.807) is 18.5 Å².